The number of halogens is 2. The molecule has 0 spiro atoms. The summed E-state index contributed by atoms with van der Waals surface area (Å²) in [4.78, 5) is 15.8. The molecule has 1 N–H and O–H groups in total. The van der Waals surface area contributed by atoms with Gasteiger partial charge in [0.15, 0.2) is 5.75 Å². The van der Waals surface area contributed by atoms with E-state index < -0.39 is 0 Å². The number of pyridine rings is 1. The highest BCUT2D eigenvalue weighted by Gasteiger charge is 2.07. The Morgan fingerprint density at radius 1 is 1.21 bits per heavy atom. The van der Waals surface area contributed by atoms with Gasteiger partial charge in [0.25, 0.3) is 0 Å². The van der Waals surface area contributed by atoms with Crippen LogP contribution in [-0.4, -0.2) is 26.5 Å². The van der Waals surface area contributed by atoms with Gasteiger partial charge in [0.2, 0.25) is 11.2 Å². The zero-order valence-corrected chi connectivity index (χ0v) is 11.6. The molecule has 6 nitrogen and oxygen atoms in total. The summed E-state index contributed by atoms with van der Waals surface area (Å²) in [5, 5.41) is 3.52. The molecular weight excluding hydrogens is 289 g/mol. The number of aromatic nitrogens is 4. The van der Waals surface area contributed by atoms with E-state index in [2.05, 4.69) is 25.3 Å². The summed E-state index contributed by atoms with van der Waals surface area (Å²) in [5.74, 6) is 0.794. The molecule has 0 amide bonds. The Hall–Kier alpha value is -1.66. The normalized spacial score (nSPS) is 10.3. The quantitative estimate of drug-likeness (QED) is 0.914. The van der Waals surface area contributed by atoms with Gasteiger partial charge in [-0.15, -0.1) is 0 Å². The van der Waals surface area contributed by atoms with Gasteiger partial charge >= 0.3 is 6.01 Å². The maximum Gasteiger partial charge on any atom is 0.328 e. The third-order valence-corrected chi connectivity index (χ3v) is 2.39. The fourth-order valence-corrected chi connectivity index (χ4v) is 1.56. The van der Waals surface area contributed by atoms with Gasteiger partial charge in [0.1, 0.15) is 0 Å². The Balaban J connectivity index is 2.17. The predicted molar refractivity (Wildman–Crippen MR) is 72.9 cm³/mol. The Kier molecular flexibility index (Phi) is 4.70. The van der Waals surface area contributed by atoms with Crippen LogP contribution >= 0.6 is 23.2 Å². The van der Waals surface area contributed by atoms with Crippen molar-refractivity contribution in [3.63, 3.8) is 0 Å². The number of nitrogens with one attached hydrogen (secondary N) is 1. The second kappa shape index (κ2) is 6.49. The molecule has 19 heavy (non-hydrogen) atoms. The van der Waals surface area contributed by atoms with Crippen molar-refractivity contribution in [2.75, 3.05) is 11.9 Å². The highest BCUT2D eigenvalue weighted by molar-refractivity contribution is 6.30. The van der Waals surface area contributed by atoms with Gasteiger partial charge in [-0.1, -0.05) is 18.5 Å². The average molecular weight is 300 g/mol. The lowest BCUT2D eigenvalue weighted by molar-refractivity contribution is 0.438. The highest BCUT2D eigenvalue weighted by Crippen LogP contribution is 2.21. The van der Waals surface area contributed by atoms with E-state index in [1.807, 2.05) is 6.92 Å². The zero-order chi connectivity index (χ0) is 13.7. The predicted octanol–water partition coefficient (Wildman–Crippen LogP) is 3.19. The third kappa shape index (κ3) is 4.18. The molecule has 100 valence electrons. The molecule has 0 bridgehead atoms. The molecule has 0 radical (unpaired) electrons. The first-order valence-corrected chi connectivity index (χ1v) is 6.37. The average Bonchev–Trinajstić information content (AvgIpc) is 2.35. The van der Waals surface area contributed by atoms with Crippen LogP contribution in [0.1, 0.15) is 13.3 Å². The summed E-state index contributed by atoms with van der Waals surface area (Å²) >= 11 is 11.6. The largest absolute Gasteiger partial charge is 0.422 e. The first-order valence-electron chi connectivity index (χ1n) is 5.61. The SMILES string of the molecule is CCCNc1nc(Cl)nc(Oc2cncc(Cl)c2)n1. The van der Waals surface area contributed by atoms with Crippen LogP contribution in [0.4, 0.5) is 5.95 Å². The van der Waals surface area contributed by atoms with Crippen LogP contribution in [0.5, 0.6) is 11.8 Å². The monoisotopic (exact) mass is 299 g/mol. The second-order valence-electron chi connectivity index (χ2n) is 3.58. The van der Waals surface area contributed by atoms with Gasteiger partial charge in [0, 0.05) is 18.8 Å². The molecule has 0 aliphatic carbocycles. The highest BCUT2D eigenvalue weighted by atomic mass is 35.5. The maximum atomic E-state index is 5.81. The van der Waals surface area contributed by atoms with Gasteiger partial charge in [-0.3, -0.25) is 4.98 Å². The molecule has 0 unspecified atom stereocenters. The molecule has 0 saturated heterocycles. The first-order chi connectivity index (χ1) is 9.17. The van der Waals surface area contributed by atoms with Crippen molar-refractivity contribution in [1.82, 2.24) is 19.9 Å². The van der Waals surface area contributed by atoms with E-state index in [4.69, 9.17) is 27.9 Å². The minimum atomic E-state index is 0.0543. The molecule has 0 aliphatic heterocycles. The van der Waals surface area contributed by atoms with Crippen molar-refractivity contribution >= 4 is 29.2 Å². The number of nitrogens with zero attached hydrogens (tertiary/aromatic N) is 4. The molecule has 0 saturated carbocycles. The molecule has 0 fully saturated rings. The molecule has 8 heteroatoms. The molecule has 2 aromatic rings. The molecular formula is C11H11Cl2N5O. The van der Waals surface area contributed by atoms with Crippen molar-refractivity contribution < 1.29 is 4.74 Å². The van der Waals surface area contributed by atoms with Gasteiger partial charge < -0.3 is 10.1 Å². The van der Waals surface area contributed by atoms with Crippen LogP contribution in [0.3, 0.4) is 0 Å². The molecule has 2 heterocycles. The van der Waals surface area contributed by atoms with Crippen LogP contribution in [-0.2, 0) is 0 Å². The smallest absolute Gasteiger partial charge is 0.328 e. The summed E-state index contributed by atoms with van der Waals surface area (Å²) < 4.78 is 5.43. The third-order valence-electron chi connectivity index (χ3n) is 2.01. The summed E-state index contributed by atoms with van der Waals surface area (Å²) in [6.07, 6.45) is 3.95. The molecule has 2 aromatic heterocycles. The summed E-state index contributed by atoms with van der Waals surface area (Å²) in [6.45, 7) is 2.77. The van der Waals surface area contributed by atoms with E-state index in [0.717, 1.165) is 13.0 Å². The Labute approximate surface area is 120 Å². The van der Waals surface area contributed by atoms with Gasteiger partial charge in [-0.2, -0.15) is 15.0 Å². The van der Waals surface area contributed by atoms with E-state index >= 15 is 0 Å². The summed E-state index contributed by atoms with van der Waals surface area (Å²) in [6, 6.07) is 1.69. The standard InChI is InChI=1S/C11H11Cl2N5O/c1-2-3-15-10-16-9(13)17-11(18-10)19-8-4-7(12)5-14-6-8/h4-6H,2-3H2,1H3,(H,15,16,17,18). The van der Waals surface area contributed by atoms with Crippen molar-refractivity contribution in [3.05, 3.63) is 28.8 Å². The van der Waals surface area contributed by atoms with E-state index in [-0.39, 0.29) is 11.3 Å². The van der Waals surface area contributed by atoms with E-state index in [9.17, 15) is 0 Å². The van der Waals surface area contributed by atoms with Crippen molar-refractivity contribution in [1.29, 1.82) is 0 Å². The van der Waals surface area contributed by atoms with Gasteiger partial charge in [-0.05, 0) is 18.0 Å². The van der Waals surface area contributed by atoms with Gasteiger partial charge in [-0.25, -0.2) is 0 Å². The summed E-state index contributed by atoms with van der Waals surface area (Å²) in [7, 11) is 0. The van der Waals surface area contributed by atoms with Crippen LogP contribution in [0.15, 0.2) is 18.5 Å². The molecule has 0 atom stereocenters. The maximum absolute atomic E-state index is 5.81. The van der Waals surface area contributed by atoms with Crippen LogP contribution < -0.4 is 10.1 Å². The summed E-state index contributed by atoms with van der Waals surface area (Å²) in [5.41, 5.74) is 0. The lowest BCUT2D eigenvalue weighted by Crippen LogP contribution is -2.06. The Morgan fingerprint density at radius 3 is 2.79 bits per heavy atom. The lowest BCUT2D eigenvalue weighted by atomic mass is 10.5. The van der Waals surface area contributed by atoms with Crippen LogP contribution in [0.2, 0.25) is 10.3 Å². The number of anilines is 1. The molecule has 2 rings (SSSR count). The lowest BCUT2D eigenvalue weighted by Gasteiger charge is -2.06. The Morgan fingerprint density at radius 2 is 2.05 bits per heavy atom. The van der Waals surface area contributed by atoms with E-state index in [1.54, 1.807) is 6.07 Å². The first kappa shape index (κ1) is 13.8. The van der Waals surface area contributed by atoms with Crippen molar-refractivity contribution in [3.8, 4) is 11.8 Å². The van der Waals surface area contributed by atoms with E-state index in [0.29, 0.717) is 16.7 Å². The van der Waals surface area contributed by atoms with Crippen LogP contribution in [0, 0.1) is 0 Å². The van der Waals surface area contributed by atoms with Crippen LogP contribution in [0.25, 0.3) is 0 Å². The fourth-order valence-electron chi connectivity index (χ4n) is 1.25. The van der Waals surface area contributed by atoms with Gasteiger partial charge in [0.05, 0.1) is 11.2 Å². The fraction of sp³-hybridized carbons (Fsp3) is 0.273. The van der Waals surface area contributed by atoms with Crippen molar-refractivity contribution in [2.24, 2.45) is 0 Å². The van der Waals surface area contributed by atoms with Crippen molar-refractivity contribution in [2.45, 2.75) is 13.3 Å². The number of hydrogen-bond acceptors (Lipinski definition) is 6. The second-order valence-corrected chi connectivity index (χ2v) is 4.35. The minimum Gasteiger partial charge on any atom is -0.422 e. The number of ether oxygens (including phenoxy) is 1. The number of rotatable bonds is 5. The molecule has 0 aliphatic rings. The topological polar surface area (TPSA) is 72.8 Å². The zero-order valence-electron chi connectivity index (χ0n) is 10.1. The number of hydrogen-bond donors (Lipinski definition) is 1. The minimum absolute atomic E-state index is 0.0543. The molecule has 0 aromatic carbocycles. The Bertz CT molecular complexity index is 567. The van der Waals surface area contributed by atoms with E-state index in [1.165, 1.54) is 12.4 Å².